The lowest BCUT2D eigenvalue weighted by Crippen LogP contribution is -2.17. The van der Waals surface area contributed by atoms with Gasteiger partial charge in [-0.25, -0.2) is 0 Å². The quantitative estimate of drug-likeness (QED) is 0.178. The summed E-state index contributed by atoms with van der Waals surface area (Å²) in [6.45, 7) is 4.74. The fraction of sp³-hybridized carbons (Fsp3) is 0.0943. The third-order valence-electron chi connectivity index (χ3n) is 11.8. The van der Waals surface area contributed by atoms with Gasteiger partial charge in [-0.2, -0.15) is 0 Å². The van der Waals surface area contributed by atoms with Crippen LogP contribution in [-0.2, 0) is 18.3 Å². The third-order valence-corrected chi connectivity index (χ3v) is 11.8. The van der Waals surface area contributed by atoms with E-state index >= 15 is 0 Å². The second-order valence-electron chi connectivity index (χ2n) is 15.3. The number of hydrogen-bond donors (Lipinski definition) is 0. The van der Waals surface area contributed by atoms with E-state index in [4.69, 9.17) is 0 Å². The van der Waals surface area contributed by atoms with E-state index in [1.165, 1.54) is 89.3 Å². The van der Waals surface area contributed by atoms with Crippen molar-refractivity contribution in [2.45, 2.75) is 32.1 Å². The van der Waals surface area contributed by atoms with E-state index in [-0.39, 0.29) is 5.41 Å². The monoisotopic (exact) mass is 691 g/mol. The van der Waals surface area contributed by atoms with Crippen molar-refractivity contribution in [2.24, 2.45) is 0 Å². The highest BCUT2D eigenvalue weighted by Crippen LogP contribution is 2.51. The Morgan fingerprint density at radius 2 is 0.870 bits per heavy atom. The number of rotatable bonds is 4. The number of anilines is 3. The normalized spacial score (nSPS) is 13.4. The second kappa shape index (κ2) is 12.9. The first-order chi connectivity index (χ1) is 26.5. The van der Waals surface area contributed by atoms with Crippen LogP contribution in [0.5, 0.6) is 0 Å². The molecule has 0 bridgehead atoms. The van der Waals surface area contributed by atoms with Crippen LogP contribution in [0.25, 0.3) is 44.5 Å². The van der Waals surface area contributed by atoms with Crippen molar-refractivity contribution in [1.82, 2.24) is 0 Å². The van der Waals surface area contributed by atoms with E-state index in [1.807, 2.05) is 0 Å². The van der Waals surface area contributed by atoms with Gasteiger partial charge in [0, 0.05) is 23.2 Å². The van der Waals surface area contributed by atoms with Crippen molar-refractivity contribution >= 4 is 17.1 Å². The first-order valence-corrected chi connectivity index (χ1v) is 19.1. The number of nitrogens with zero attached hydrogens (tertiary/aromatic N) is 1. The van der Waals surface area contributed by atoms with Crippen LogP contribution in [0.4, 0.5) is 17.1 Å². The van der Waals surface area contributed by atoms with Gasteiger partial charge in [0.1, 0.15) is 0 Å². The highest BCUT2D eigenvalue weighted by Gasteiger charge is 2.36. The van der Waals surface area contributed by atoms with Crippen LogP contribution in [-0.4, -0.2) is 0 Å². The van der Waals surface area contributed by atoms with E-state index in [1.54, 1.807) is 0 Å². The van der Waals surface area contributed by atoms with Gasteiger partial charge < -0.3 is 4.90 Å². The maximum absolute atomic E-state index is 2.51. The molecule has 0 aliphatic heterocycles. The topological polar surface area (TPSA) is 3.24 Å². The predicted octanol–water partition coefficient (Wildman–Crippen LogP) is 14.0. The van der Waals surface area contributed by atoms with Crippen molar-refractivity contribution in [3.63, 3.8) is 0 Å². The lowest BCUT2D eigenvalue weighted by atomic mass is 9.82. The Hall–Kier alpha value is -6.44. The Morgan fingerprint density at radius 1 is 0.370 bits per heavy atom. The number of benzene rings is 8. The largest absolute Gasteiger partial charge is 0.310 e. The summed E-state index contributed by atoms with van der Waals surface area (Å²) < 4.78 is 0. The van der Waals surface area contributed by atoms with Gasteiger partial charge in [-0.3, -0.25) is 0 Å². The summed E-state index contributed by atoms with van der Waals surface area (Å²) in [6.07, 6.45) is 1.67. The smallest absolute Gasteiger partial charge is 0.0503 e. The first-order valence-electron chi connectivity index (χ1n) is 19.1. The summed E-state index contributed by atoms with van der Waals surface area (Å²) in [5.41, 5.74) is 21.8. The summed E-state index contributed by atoms with van der Waals surface area (Å²) in [6, 6.07) is 69.8. The molecule has 0 saturated carbocycles. The van der Waals surface area contributed by atoms with Gasteiger partial charge >= 0.3 is 0 Å². The summed E-state index contributed by atoms with van der Waals surface area (Å²) in [5.74, 6) is 0. The molecule has 0 spiro atoms. The molecule has 0 heterocycles. The zero-order valence-electron chi connectivity index (χ0n) is 30.8. The molecule has 0 atom stereocenters. The van der Waals surface area contributed by atoms with Crippen molar-refractivity contribution in [3.8, 4) is 44.5 Å². The summed E-state index contributed by atoms with van der Waals surface area (Å²) in [5, 5.41) is 0. The van der Waals surface area contributed by atoms with Crippen molar-refractivity contribution in [2.75, 3.05) is 4.90 Å². The minimum atomic E-state index is -0.113. The highest BCUT2D eigenvalue weighted by atomic mass is 15.1. The Balaban J connectivity index is 1.22. The van der Waals surface area contributed by atoms with Gasteiger partial charge in [-0.05, 0) is 115 Å². The molecule has 8 aromatic rings. The Kier molecular flexibility index (Phi) is 7.70. The molecule has 0 N–H and O–H groups in total. The molecule has 0 aromatic heterocycles. The molecular formula is C53H41N. The van der Waals surface area contributed by atoms with E-state index in [2.05, 4.69) is 207 Å². The summed E-state index contributed by atoms with van der Waals surface area (Å²) >= 11 is 0. The lowest BCUT2D eigenvalue weighted by Gasteiger charge is -2.31. The lowest BCUT2D eigenvalue weighted by molar-refractivity contribution is 0.660. The number of fused-ring (bicyclic) bond motifs is 9. The van der Waals surface area contributed by atoms with Crippen LogP contribution in [0.15, 0.2) is 188 Å². The maximum Gasteiger partial charge on any atom is 0.0503 e. The fourth-order valence-corrected chi connectivity index (χ4v) is 9.12. The van der Waals surface area contributed by atoms with Crippen molar-refractivity contribution in [1.29, 1.82) is 0 Å². The SMILES string of the molecule is CC1(C)c2ccccc2-c2ccc(N(c3ccc(-c4ccccc4)cc3)c3cccc4c3Cc3ccccc3-c3ccccc3Cc3ccccc3-4)cc21. The zero-order chi connectivity index (χ0) is 36.2. The van der Waals surface area contributed by atoms with Gasteiger partial charge in [0.25, 0.3) is 0 Å². The molecule has 8 aromatic carbocycles. The van der Waals surface area contributed by atoms with E-state index in [0.717, 1.165) is 18.5 Å². The molecule has 0 radical (unpaired) electrons. The first kappa shape index (κ1) is 32.2. The van der Waals surface area contributed by atoms with Gasteiger partial charge in [-0.15, -0.1) is 0 Å². The molecule has 0 saturated heterocycles. The molecule has 258 valence electrons. The standard InChI is InChI=1S/C53H41N/c1-53(2)50-25-13-12-23-47(50)48-32-31-42(35-51(48)53)54(41-29-27-37(28-30-41)36-15-4-3-5-16-36)52-26-14-24-46-45-22-11-7-18-39(45)33-38-17-6-9-20-43(38)44-21-10-8-19-40(44)34-49(46)52/h3-32,35H,33-34H2,1-2H3. The molecular weight excluding hydrogens is 651 g/mol. The van der Waals surface area contributed by atoms with Crippen LogP contribution in [0.3, 0.4) is 0 Å². The molecule has 1 nitrogen and oxygen atoms in total. The van der Waals surface area contributed by atoms with Gasteiger partial charge in [-0.1, -0.05) is 172 Å². The third kappa shape index (κ3) is 5.31. The second-order valence-corrected chi connectivity index (χ2v) is 15.3. The average Bonchev–Trinajstić information content (AvgIpc) is 3.45. The van der Waals surface area contributed by atoms with Crippen LogP contribution in [0.1, 0.15) is 47.2 Å². The molecule has 0 unspecified atom stereocenters. The molecule has 10 rings (SSSR count). The van der Waals surface area contributed by atoms with Crippen LogP contribution < -0.4 is 4.90 Å². The highest BCUT2D eigenvalue weighted by molar-refractivity contribution is 5.89. The van der Waals surface area contributed by atoms with Crippen LogP contribution in [0.2, 0.25) is 0 Å². The van der Waals surface area contributed by atoms with Crippen molar-refractivity contribution in [3.05, 3.63) is 221 Å². The molecule has 0 amide bonds. The molecule has 54 heavy (non-hydrogen) atoms. The number of hydrogen-bond acceptors (Lipinski definition) is 1. The van der Waals surface area contributed by atoms with E-state index in [9.17, 15) is 0 Å². The van der Waals surface area contributed by atoms with Gasteiger partial charge in [0.2, 0.25) is 0 Å². The van der Waals surface area contributed by atoms with Crippen molar-refractivity contribution < 1.29 is 0 Å². The summed E-state index contributed by atoms with van der Waals surface area (Å²) in [7, 11) is 0. The maximum atomic E-state index is 2.51. The fourth-order valence-electron chi connectivity index (χ4n) is 9.12. The molecule has 0 fully saturated rings. The molecule has 2 aliphatic carbocycles. The average molecular weight is 692 g/mol. The van der Waals surface area contributed by atoms with Gasteiger partial charge in [0.05, 0.1) is 5.69 Å². The van der Waals surface area contributed by atoms with Gasteiger partial charge in [0.15, 0.2) is 0 Å². The Morgan fingerprint density at radius 3 is 1.56 bits per heavy atom. The van der Waals surface area contributed by atoms with E-state index < -0.39 is 0 Å². The van der Waals surface area contributed by atoms with Crippen LogP contribution >= 0.6 is 0 Å². The predicted molar refractivity (Wildman–Crippen MR) is 227 cm³/mol. The van der Waals surface area contributed by atoms with Crippen LogP contribution in [0, 0.1) is 0 Å². The summed E-state index contributed by atoms with van der Waals surface area (Å²) in [4.78, 5) is 2.51. The Bertz CT molecular complexity index is 2680. The zero-order valence-corrected chi connectivity index (χ0v) is 30.8. The molecule has 1 heteroatoms. The van der Waals surface area contributed by atoms with E-state index in [0.29, 0.717) is 0 Å². The molecule has 2 aliphatic rings. The Labute approximate surface area is 318 Å². The minimum absolute atomic E-state index is 0.113. The minimum Gasteiger partial charge on any atom is -0.310 e.